The summed E-state index contributed by atoms with van der Waals surface area (Å²) in [5.41, 5.74) is 3.67. The molecule has 0 saturated heterocycles. The average Bonchev–Trinajstić information content (AvgIpc) is 3.07. The van der Waals surface area contributed by atoms with Crippen molar-refractivity contribution < 1.29 is 14.3 Å². The monoisotopic (exact) mass is 431 g/mol. The van der Waals surface area contributed by atoms with Crippen LogP contribution in [0.25, 0.3) is 11.0 Å². The van der Waals surface area contributed by atoms with Crippen molar-refractivity contribution in [2.24, 2.45) is 0 Å². The van der Waals surface area contributed by atoms with E-state index < -0.39 is 12.0 Å². The van der Waals surface area contributed by atoms with Crippen molar-refractivity contribution in [1.82, 2.24) is 9.55 Å². The number of anilines is 1. The average molecular weight is 432 g/mol. The lowest BCUT2D eigenvalue weighted by molar-refractivity contribution is -0.140. The number of methoxy groups -OCH3 is 1. The highest BCUT2D eigenvalue weighted by Crippen LogP contribution is 2.40. The van der Waals surface area contributed by atoms with Crippen LogP contribution in [0.3, 0.4) is 0 Å². The summed E-state index contributed by atoms with van der Waals surface area (Å²) in [6.45, 7) is 2.32. The van der Waals surface area contributed by atoms with Crippen LogP contribution >= 0.6 is 23.2 Å². The van der Waals surface area contributed by atoms with Crippen LogP contribution in [-0.2, 0) is 14.3 Å². The van der Waals surface area contributed by atoms with E-state index in [1.165, 1.54) is 0 Å². The van der Waals surface area contributed by atoms with Crippen molar-refractivity contribution >= 4 is 46.2 Å². The highest BCUT2D eigenvalue weighted by atomic mass is 35.5. The largest absolute Gasteiger partial charge is 0.460 e. The number of carbonyl (C=O) groups excluding carboxylic acids is 1. The molecule has 1 N–H and O–H groups in total. The van der Waals surface area contributed by atoms with E-state index in [1.807, 2.05) is 41.8 Å². The number of aromatic nitrogens is 2. The molecule has 1 aliphatic heterocycles. The number of fused-ring (bicyclic) bond motifs is 3. The SMILES string of the molecule is COCCOC(=O)C1=C(C)Nc2nc3ccccc3n2[C@H]1c1ccc(Cl)c(Cl)c1. The first-order chi connectivity index (χ1) is 14.0. The van der Waals surface area contributed by atoms with Crippen LogP contribution in [0.4, 0.5) is 5.95 Å². The second-order valence-corrected chi connectivity index (χ2v) is 7.48. The third-order valence-electron chi connectivity index (χ3n) is 4.83. The number of hydrogen-bond donors (Lipinski definition) is 1. The highest BCUT2D eigenvalue weighted by molar-refractivity contribution is 6.42. The van der Waals surface area contributed by atoms with E-state index in [0.717, 1.165) is 16.6 Å². The molecular formula is C21H19Cl2N3O3. The Morgan fingerprint density at radius 2 is 1.97 bits per heavy atom. The van der Waals surface area contributed by atoms with Gasteiger partial charge in [0.25, 0.3) is 0 Å². The van der Waals surface area contributed by atoms with E-state index in [1.54, 1.807) is 19.2 Å². The number of halogens is 2. The summed E-state index contributed by atoms with van der Waals surface area (Å²) in [6.07, 6.45) is 0. The van der Waals surface area contributed by atoms with Crippen molar-refractivity contribution in [3.63, 3.8) is 0 Å². The number of carbonyl (C=O) groups is 1. The van der Waals surface area contributed by atoms with Crippen LogP contribution in [-0.4, -0.2) is 35.8 Å². The molecule has 29 heavy (non-hydrogen) atoms. The smallest absolute Gasteiger partial charge is 0.338 e. The van der Waals surface area contributed by atoms with Crippen LogP contribution in [0.1, 0.15) is 18.5 Å². The Morgan fingerprint density at radius 1 is 1.17 bits per heavy atom. The fourth-order valence-corrected chi connectivity index (χ4v) is 3.83. The van der Waals surface area contributed by atoms with Gasteiger partial charge in [0.2, 0.25) is 5.95 Å². The Labute approximate surface area is 178 Å². The van der Waals surface area contributed by atoms with Crippen molar-refractivity contribution in [1.29, 1.82) is 0 Å². The van der Waals surface area contributed by atoms with Gasteiger partial charge in [0, 0.05) is 12.8 Å². The van der Waals surface area contributed by atoms with Crippen LogP contribution in [0.15, 0.2) is 53.7 Å². The fraction of sp³-hybridized carbons (Fsp3) is 0.238. The molecule has 150 valence electrons. The van der Waals surface area contributed by atoms with E-state index in [0.29, 0.717) is 33.9 Å². The van der Waals surface area contributed by atoms with Crippen molar-refractivity contribution in [3.8, 4) is 0 Å². The number of ether oxygens (including phenoxy) is 2. The normalized spacial score (nSPS) is 15.9. The van der Waals surface area contributed by atoms with Crippen molar-refractivity contribution in [2.75, 3.05) is 25.6 Å². The minimum absolute atomic E-state index is 0.164. The predicted octanol–water partition coefficient (Wildman–Crippen LogP) is 4.82. The van der Waals surface area contributed by atoms with Gasteiger partial charge in [-0.1, -0.05) is 41.4 Å². The number of esters is 1. The molecular weight excluding hydrogens is 413 g/mol. The Balaban J connectivity index is 1.89. The lowest BCUT2D eigenvalue weighted by atomic mass is 9.95. The molecule has 0 aliphatic carbocycles. The van der Waals surface area contributed by atoms with Crippen LogP contribution < -0.4 is 5.32 Å². The molecule has 1 aromatic heterocycles. The molecule has 0 spiro atoms. The molecule has 4 rings (SSSR count). The number of allylic oxidation sites excluding steroid dienone is 1. The second-order valence-electron chi connectivity index (χ2n) is 6.66. The summed E-state index contributed by atoms with van der Waals surface area (Å²) in [5, 5.41) is 4.10. The summed E-state index contributed by atoms with van der Waals surface area (Å²) in [4.78, 5) is 17.7. The molecule has 8 heteroatoms. The minimum Gasteiger partial charge on any atom is -0.460 e. The topological polar surface area (TPSA) is 65.4 Å². The number of rotatable bonds is 5. The van der Waals surface area contributed by atoms with E-state index >= 15 is 0 Å². The second kappa shape index (κ2) is 8.06. The maximum absolute atomic E-state index is 13.0. The van der Waals surface area contributed by atoms with Gasteiger partial charge in [-0.15, -0.1) is 0 Å². The lowest BCUT2D eigenvalue weighted by Crippen LogP contribution is -2.29. The van der Waals surface area contributed by atoms with Crippen LogP contribution in [0, 0.1) is 0 Å². The van der Waals surface area contributed by atoms with Gasteiger partial charge in [0.05, 0.1) is 39.3 Å². The summed E-state index contributed by atoms with van der Waals surface area (Å²) in [7, 11) is 1.56. The van der Waals surface area contributed by atoms with Crippen molar-refractivity contribution in [3.05, 3.63) is 69.3 Å². The molecule has 1 atom stereocenters. The molecule has 0 saturated carbocycles. The standard InChI is InChI=1S/C21H19Cl2N3O3/c1-12-18(20(27)29-10-9-28-2)19(13-7-8-14(22)15(23)11-13)26-17-6-4-3-5-16(17)25-21(26)24-12/h3-8,11,19H,9-10H2,1-2H3,(H,24,25)/t19-/m0/s1. The minimum atomic E-state index is -0.469. The van der Waals surface area contributed by atoms with Gasteiger partial charge < -0.3 is 14.8 Å². The van der Waals surface area contributed by atoms with Crippen LogP contribution in [0.5, 0.6) is 0 Å². The first-order valence-corrected chi connectivity index (χ1v) is 9.82. The summed E-state index contributed by atoms with van der Waals surface area (Å²) in [5.74, 6) is 0.222. The van der Waals surface area contributed by atoms with Gasteiger partial charge in [0.15, 0.2) is 0 Å². The summed E-state index contributed by atoms with van der Waals surface area (Å²) >= 11 is 12.4. The van der Waals surface area contributed by atoms with E-state index in [4.69, 9.17) is 32.7 Å². The third-order valence-corrected chi connectivity index (χ3v) is 5.57. The maximum atomic E-state index is 13.0. The molecule has 0 bridgehead atoms. The molecule has 0 radical (unpaired) electrons. The van der Waals surface area contributed by atoms with E-state index in [-0.39, 0.29) is 6.61 Å². The Morgan fingerprint density at radius 3 is 2.72 bits per heavy atom. The van der Waals surface area contributed by atoms with Gasteiger partial charge in [-0.25, -0.2) is 9.78 Å². The number of para-hydroxylation sites is 2. The fourth-order valence-electron chi connectivity index (χ4n) is 3.52. The number of hydrogen-bond acceptors (Lipinski definition) is 5. The summed E-state index contributed by atoms with van der Waals surface area (Å²) < 4.78 is 12.4. The third kappa shape index (κ3) is 3.59. The first-order valence-electron chi connectivity index (χ1n) is 9.07. The number of nitrogens with one attached hydrogen (secondary N) is 1. The quantitative estimate of drug-likeness (QED) is 0.463. The van der Waals surface area contributed by atoms with Gasteiger partial charge in [0.1, 0.15) is 6.61 Å². The zero-order chi connectivity index (χ0) is 20.5. The molecule has 0 fully saturated rings. The van der Waals surface area contributed by atoms with Gasteiger partial charge in [-0.05, 0) is 36.8 Å². The molecule has 2 heterocycles. The Kier molecular flexibility index (Phi) is 5.50. The van der Waals surface area contributed by atoms with Gasteiger partial charge in [-0.3, -0.25) is 4.57 Å². The molecule has 1 aliphatic rings. The van der Waals surface area contributed by atoms with E-state index in [9.17, 15) is 4.79 Å². The predicted molar refractivity (Wildman–Crippen MR) is 113 cm³/mol. The molecule has 0 amide bonds. The molecule has 3 aromatic rings. The van der Waals surface area contributed by atoms with E-state index in [2.05, 4.69) is 10.3 Å². The summed E-state index contributed by atoms with van der Waals surface area (Å²) in [6, 6.07) is 12.6. The van der Waals surface area contributed by atoms with Gasteiger partial charge >= 0.3 is 5.97 Å². The molecule has 0 unspecified atom stereocenters. The molecule has 6 nitrogen and oxygen atoms in total. The number of imidazole rings is 1. The first kappa shape index (κ1) is 19.8. The number of nitrogens with zero attached hydrogens (tertiary/aromatic N) is 2. The lowest BCUT2D eigenvalue weighted by Gasteiger charge is -2.30. The Hall–Kier alpha value is -2.54. The zero-order valence-electron chi connectivity index (χ0n) is 15.9. The molecule has 2 aromatic carbocycles. The van der Waals surface area contributed by atoms with Gasteiger partial charge in [-0.2, -0.15) is 0 Å². The zero-order valence-corrected chi connectivity index (χ0v) is 17.4. The number of benzene rings is 2. The maximum Gasteiger partial charge on any atom is 0.338 e. The Bertz CT molecular complexity index is 1120. The highest BCUT2D eigenvalue weighted by Gasteiger charge is 2.35. The van der Waals surface area contributed by atoms with Crippen molar-refractivity contribution in [2.45, 2.75) is 13.0 Å². The van der Waals surface area contributed by atoms with Crippen LogP contribution in [0.2, 0.25) is 10.0 Å².